The molecule has 0 fully saturated rings. The van der Waals surface area contributed by atoms with Gasteiger partial charge in [-0.05, 0) is 57.1 Å². The van der Waals surface area contributed by atoms with E-state index >= 15 is 0 Å². The molecule has 0 unspecified atom stereocenters. The summed E-state index contributed by atoms with van der Waals surface area (Å²) in [7, 11) is 0. The van der Waals surface area contributed by atoms with Crippen LogP contribution in [-0.2, 0) is 18.4 Å². The highest BCUT2D eigenvalue weighted by molar-refractivity contribution is 9.10. The van der Waals surface area contributed by atoms with E-state index in [4.69, 9.17) is 4.74 Å². The molecule has 21 heavy (non-hydrogen) atoms. The predicted octanol–water partition coefficient (Wildman–Crippen LogP) is 5.28. The van der Waals surface area contributed by atoms with E-state index in [1.807, 2.05) is 12.1 Å². The Labute approximate surface area is 135 Å². The van der Waals surface area contributed by atoms with Crippen molar-refractivity contribution in [2.24, 2.45) is 0 Å². The van der Waals surface area contributed by atoms with Crippen molar-refractivity contribution in [3.05, 3.63) is 57.8 Å². The highest BCUT2D eigenvalue weighted by Gasteiger charge is 2.19. The number of benzene rings is 1. The van der Waals surface area contributed by atoms with Gasteiger partial charge in [0.05, 0.1) is 5.69 Å². The maximum absolute atomic E-state index is 6.01. The van der Waals surface area contributed by atoms with Crippen LogP contribution in [0.1, 0.15) is 44.5 Å². The van der Waals surface area contributed by atoms with Crippen LogP contribution >= 0.6 is 15.9 Å². The highest BCUT2D eigenvalue weighted by Crippen LogP contribution is 2.32. The van der Waals surface area contributed by atoms with Crippen molar-refractivity contribution >= 4 is 15.9 Å². The van der Waals surface area contributed by atoms with Crippen LogP contribution in [0.4, 0.5) is 0 Å². The van der Waals surface area contributed by atoms with Crippen molar-refractivity contribution in [2.75, 3.05) is 0 Å². The lowest BCUT2D eigenvalue weighted by atomic mass is 9.85. The van der Waals surface area contributed by atoms with Crippen LogP contribution in [0.5, 0.6) is 5.75 Å². The van der Waals surface area contributed by atoms with Crippen molar-refractivity contribution in [1.29, 1.82) is 0 Å². The molecule has 2 aromatic rings. The van der Waals surface area contributed by atoms with Gasteiger partial charge in [-0.1, -0.05) is 39.8 Å². The summed E-state index contributed by atoms with van der Waals surface area (Å²) in [5.41, 5.74) is 3.58. The van der Waals surface area contributed by atoms with Gasteiger partial charge in [-0.3, -0.25) is 4.98 Å². The summed E-state index contributed by atoms with van der Waals surface area (Å²) in [5.74, 6) is 0.949. The predicted molar refractivity (Wildman–Crippen MR) is 90.8 cm³/mol. The molecule has 0 N–H and O–H groups in total. The molecule has 112 valence electrons. The van der Waals surface area contributed by atoms with E-state index in [-0.39, 0.29) is 5.41 Å². The molecule has 0 spiro atoms. The van der Waals surface area contributed by atoms with E-state index in [0.29, 0.717) is 6.61 Å². The fraction of sp³-hybridized carbons (Fsp3) is 0.389. The summed E-state index contributed by atoms with van der Waals surface area (Å²) in [6.07, 6.45) is 2.83. The Hall–Kier alpha value is -1.35. The first-order chi connectivity index (χ1) is 9.90. The number of nitrogens with zero attached hydrogens (tertiary/aromatic N) is 1. The van der Waals surface area contributed by atoms with Gasteiger partial charge in [0.15, 0.2) is 0 Å². The Balaban J connectivity index is 2.21. The lowest BCUT2D eigenvalue weighted by Gasteiger charge is -2.23. The maximum atomic E-state index is 6.01. The van der Waals surface area contributed by atoms with Crippen LogP contribution in [-0.4, -0.2) is 4.98 Å². The number of ether oxygens (including phenoxy) is 1. The number of pyridine rings is 1. The van der Waals surface area contributed by atoms with Crippen LogP contribution < -0.4 is 4.74 Å². The molecule has 0 atom stereocenters. The molecule has 2 rings (SSSR count). The lowest BCUT2D eigenvalue weighted by Crippen LogP contribution is -2.14. The van der Waals surface area contributed by atoms with Gasteiger partial charge >= 0.3 is 0 Å². The van der Waals surface area contributed by atoms with Crippen molar-refractivity contribution < 1.29 is 4.74 Å². The zero-order valence-electron chi connectivity index (χ0n) is 13.1. The summed E-state index contributed by atoms with van der Waals surface area (Å²) in [4.78, 5) is 4.35. The number of hydrogen-bond acceptors (Lipinski definition) is 2. The van der Waals surface area contributed by atoms with Gasteiger partial charge in [0.1, 0.15) is 12.4 Å². The Morgan fingerprint density at radius 1 is 1.14 bits per heavy atom. The van der Waals surface area contributed by atoms with Crippen molar-refractivity contribution in [3.63, 3.8) is 0 Å². The van der Waals surface area contributed by atoms with Crippen LogP contribution in [0.3, 0.4) is 0 Å². The monoisotopic (exact) mass is 347 g/mol. The second kappa shape index (κ2) is 6.61. The van der Waals surface area contributed by atoms with E-state index in [0.717, 1.165) is 22.3 Å². The fourth-order valence-electron chi connectivity index (χ4n) is 2.15. The molecule has 2 nitrogen and oxygen atoms in total. The zero-order valence-corrected chi connectivity index (χ0v) is 14.7. The Bertz CT molecular complexity index is 600. The average Bonchev–Trinajstić information content (AvgIpc) is 2.45. The van der Waals surface area contributed by atoms with Gasteiger partial charge in [-0.2, -0.15) is 0 Å². The number of aromatic nitrogens is 1. The maximum Gasteiger partial charge on any atom is 0.130 e. The first kappa shape index (κ1) is 16.0. The molecule has 1 aromatic heterocycles. The molecule has 0 aliphatic rings. The lowest BCUT2D eigenvalue weighted by molar-refractivity contribution is 0.293. The molecular weight excluding hydrogens is 326 g/mol. The van der Waals surface area contributed by atoms with Gasteiger partial charge in [-0.15, -0.1) is 0 Å². The highest BCUT2D eigenvalue weighted by atomic mass is 79.9. The van der Waals surface area contributed by atoms with Crippen LogP contribution in [0.25, 0.3) is 0 Å². The fourth-order valence-corrected chi connectivity index (χ4v) is 2.39. The molecule has 0 radical (unpaired) electrons. The van der Waals surface area contributed by atoms with Crippen molar-refractivity contribution in [2.45, 2.75) is 46.1 Å². The molecule has 0 bridgehead atoms. The minimum Gasteiger partial charge on any atom is -0.487 e. The van der Waals surface area contributed by atoms with E-state index in [9.17, 15) is 0 Å². The minimum absolute atomic E-state index is 0.0632. The third kappa shape index (κ3) is 4.31. The largest absolute Gasteiger partial charge is 0.487 e. The van der Waals surface area contributed by atoms with E-state index < -0.39 is 0 Å². The smallest absolute Gasteiger partial charge is 0.130 e. The van der Waals surface area contributed by atoms with Gasteiger partial charge < -0.3 is 4.74 Å². The van der Waals surface area contributed by atoms with Gasteiger partial charge in [-0.25, -0.2) is 0 Å². The molecule has 0 amide bonds. The molecule has 3 heteroatoms. The average molecular weight is 348 g/mol. The normalized spacial score (nSPS) is 11.5. The van der Waals surface area contributed by atoms with Gasteiger partial charge in [0.2, 0.25) is 0 Å². The van der Waals surface area contributed by atoms with Gasteiger partial charge in [0, 0.05) is 10.7 Å². The number of aryl methyl sites for hydroxylation is 1. The molecular formula is C18H22BrNO. The zero-order chi connectivity index (χ0) is 15.5. The first-order valence-electron chi connectivity index (χ1n) is 7.27. The Morgan fingerprint density at radius 2 is 1.90 bits per heavy atom. The van der Waals surface area contributed by atoms with Crippen LogP contribution in [0.15, 0.2) is 41.0 Å². The Kier molecular flexibility index (Phi) is 5.04. The summed E-state index contributed by atoms with van der Waals surface area (Å²) >= 11 is 3.39. The standard InChI is InChI=1S/C18H22BrNO/c1-5-13-6-9-17(16(10-13)18(2,3)4)21-12-15-8-7-14(19)11-20-15/h6-11H,5,12H2,1-4H3. The number of hydrogen-bond donors (Lipinski definition) is 0. The third-order valence-corrected chi connectivity index (χ3v) is 3.89. The molecule has 0 aliphatic carbocycles. The van der Waals surface area contributed by atoms with E-state index in [1.54, 1.807) is 6.20 Å². The number of halogens is 1. The summed E-state index contributed by atoms with van der Waals surface area (Å²) < 4.78 is 6.99. The van der Waals surface area contributed by atoms with Gasteiger partial charge in [0.25, 0.3) is 0 Å². The molecule has 0 saturated heterocycles. The van der Waals surface area contributed by atoms with E-state index in [1.165, 1.54) is 11.1 Å². The summed E-state index contributed by atoms with van der Waals surface area (Å²) in [6.45, 7) is 9.31. The topological polar surface area (TPSA) is 22.1 Å². The molecule has 1 heterocycles. The quantitative estimate of drug-likeness (QED) is 0.750. The summed E-state index contributed by atoms with van der Waals surface area (Å²) in [6, 6.07) is 10.4. The first-order valence-corrected chi connectivity index (χ1v) is 8.06. The molecule has 1 aromatic carbocycles. The Morgan fingerprint density at radius 3 is 2.48 bits per heavy atom. The second-order valence-electron chi connectivity index (χ2n) is 6.19. The summed E-state index contributed by atoms with van der Waals surface area (Å²) in [5, 5.41) is 0. The number of rotatable bonds is 4. The van der Waals surface area contributed by atoms with Crippen molar-refractivity contribution in [3.8, 4) is 5.75 Å². The third-order valence-electron chi connectivity index (χ3n) is 3.42. The SMILES string of the molecule is CCc1ccc(OCc2ccc(Br)cn2)c(C(C)(C)C)c1. The molecule has 0 aliphatic heterocycles. The molecule has 0 saturated carbocycles. The van der Waals surface area contributed by atoms with Crippen molar-refractivity contribution in [1.82, 2.24) is 4.98 Å². The minimum atomic E-state index is 0.0632. The van der Waals surface area contributed by atoms with Crippen LogP contribution in [0.2, 0.25) is 0 Å². The van der Waals surface area contributed by atoms with E-state index in [2.05, 4.69) is 66.8 Å². The van der Waals surface area contributed by atoms with Crippen LogP contribution in [0, 0.1) is 0 Å². The second-order valence-corrected chi connectivity index (χ2v) is 7.11.